The maximum atomic E-state index is 11.4. The molecule has 4 nitrogen and oxygen atoms in total. The standard InChI is InChI=1S/C9H12BrN3O/c1-6-4-9(14)13(5-7(6)10)3-2-8(11)12/h4-5H,2-3H2,1H3,(H3,11,12). The summed E-state index contributed by atoms with van der Waals surface area (Å²) in [5, 5.41) is 7.06. The Morgan fingerprint density at radius 1 is 1.71 bits per heavy atom. The third-order valence-corrected chi connectivity index (χ3v) is 2.72. The minimum atomic E-state index is -0.0630. The highest BCUT2D eigenvalue weighted by atomic mass is 79.9. The van der Waals surface area contributed by atoms with E-state index in [0.29, 0.717) is 13.0 Å². The van der Waals surface area contributed by atoms with Gasteiger partial charge in [0.25, 0.3) is 5.56 Å². The van der Waals surface area contributed by atoms with Crippen LogP contribution >= 0.6 is 15.9 Å². The van der Waals surface area contributed by atoms with E-state index in [-0.39, 0.29) is 11.4 Å². The molecular weight excluding hydrogens is 246 g/mol. The molecule has 1 aromatic heterocycles. The average molecular weight is 258 g/mol. The average Bonchev–Trinajstić information content (AvgIpc) is 2.09. The molecular formula is C9H12BrN3O. The highest BCUT2D eigenvalue weighted by molar-refractivity contribution is 9.10. The third kappa shape index (κ3) is 2.70. The van der Waals surface area contributed by atoms with Gasteiger partial charge in [0.1, 0.15) is 0 Å². The summed E-state index contributed by atoms with van der Waals surface area (Å²) >= 11 is 3.34. The number of pyridine rings is 1. The zero-order chi connectivity index (χ0) is 10.7. The van der Waals surface area contributed by atoms with E-state index < -0.39 is 0 Å². The van der Waals surface area contributed by atoms with Crippen LogP contribution in [0.15, 0.2) is 21.5 Å². The van der Waals surface area contributed by atoms with Gasteiger partial charge >= 0.3 is 0 Å². The summed E-state index contributed by atoms with van der Waals surface area (Å²) in [7, 11) is 0. The number of nitrogens with zero attached hydrogens (tertiary/aromatic N) is 1. The lowest BCUT2D eigenvalue weighted by atomic mass is 10.3. The van der Waals surface area contributed by atoms with E-state index in [1.165, 1.54) is 0 Å². The van der Waals surface area contributed by atoms with E-state index >= 15 is 0 Å². The Balaban J connectivity index is 2.93. The third-order valence-electron chi connectivity index (χ3n) is 1.89. The molecule has 5 heteroatoms. The number of hydrogen-bond acceptors (Lipinski definition) is 2. The summed E-state index contributed by atoms with van der Waals surface area (Å²) in [6.07, 6.45) is 2.12. The number of aromatic nitrogens is 1. The van der Waals surface area contributed by atoms with E-state index in [1.54, 1.807) is 16.8 Å². The van der Waals surface area contributed by atoms with Crippen molar-refractivity contribution in [3.8, 4) is 0 Å². The van der Waals surface area contributed by atoms with Crippen LogP contribution in [0.1, 0.15) is 12.0 Å². The number of amidine groups is 1. The van der Waals surface area contributed by atoms with Crippen molar-refractivity contribution in [2.45, 2.75) is 19.9 Å². The van der Waals surface area contributed by atoms with Crippen LogP contribution in [0.5, 0.6) is 0 Å². The van der Waals surface area contributed by atoms with Gasteiger partial charge in [-0.3, -0.25) is 10.2 Å². The molecule has 0 saturated carbocycles. The molecule has 0 unspecified atom stereocenters. The van der Waals surface area contributed by atoms with Crippen molar-refractivity contribution in [3.05, 3.63) is 32.7 Å². The topological polar surface area (TPSA) is 71.9 Å². The molecule has 3 N–H and O–H groups in total. The Hall–Kier alpha value is -1.10. The van der Waals surface area contributed by atoms with E-state index in [0.717, 1.165) is 10.0 Å². The van der Waals surface area contributed by atoms with Crippen LogP contribution in [0, 0.1) is 12.3 Å². The molecule has 1 rings (SSSR count). The van der Waals surface area contributed by atoms with Gasteiger partial charge in [-0.15, -0.1) is 0 Å². The van der Waals surface area contributed by atoms with Gasteiger partial charge in [-0.1, -0.05) is 0 Å². The number of hydrogen-bond donors (Lipinski definition) is 2. The van der Waals surface area contributed by atoms with Crippen LogP contribution in [0.3, 0.4) is 0 Å². The predicted molar refractivity (Wildman–Crippen MR) is 59.7 cm³/mol. The molecule has 1 aromatic rings. The summed E-state index contributed by atoms with van der Waals surface area (Å²) in [5.41, 5.74) is 6.06. The van der Waals surface area contributed by atoms with Gasteiger partial charge in [0, 0.05) is 29.7 Å². The molecule has 0 saturated heterocycles. The molecule has 0 radical (unpaired) electrons. The van der Waals surface area contributed by atoms with Crippen molar-refractivity contribution in [2.24, 2.45) is 5.73 Å². The van der Waals surface area contributed by atoms with Crippen LogP contribution in [0.2, 0.25) is 0 Å². The first-order chi connectivity index (χ1) is 6.50. The number of rotatable bonds is 3. The molecule has 0 aliphatic carbocycles. The summed E-state index contributed by atoms with van der Waals surface area (Å²) < 4.78 is 2.43. The zero-order valence-electron chi connectivity index (χ0n) is 7.88. The van der Waals surface area contributed by atoms with Crippen molar-refractivity contribution in [1.82, 2.24) is 4.57 Å². The van der Waals surface area contributed by atoms with Gasteiger partial charge in [0.05, 0.1) is 5.84 Å². The summed E-state index contributed by atoms with van der Waals surface area (Å²) in [5.74, 6) is 0.0913. The maximum absolute atomic E-state index is 11.4. The monoisotopic (exact) mass is 257 g/mol. The van der Waals surface area contributed by atoms with Gasteiger partial charge in [0.2, 0.25) is 0 Å². The first kappa shape index (κ1) is 11.0. The van der Waals surface area contributed by atoms with Gasteiger partial charge in [-0.2, -0.15) is 0 Å². The van der Waals surface area contributed by atoms with Crippen LogP contribution in [0.4, 0.5) is 0 Å². The Morgan fingerprint density at radius 2 is 2.36 bits per heavy atom. The second-order valence-corrected chi connectivity index (χ2v) is 3.97. The Morgan fingerprint density at radius 3 is 2.93 bits per heavy atom. The molecule has 0 fully saturated rings. The van der Waals surface area contributed by atoms with Gasteiger partial charge in [-0.05, 0) is 28.4 Å². The molecule has 0 atom stereocenters. The van der Waals surface area contributed by atoms with Crippen molar-refractivity contribution < 1.29 is 0 Å². The van der Waals surface area contributed by atoms with E-state index in [4.69, 9.17) is 11.1 Å². The first-order valence-electron chi connectivity index (χ1n) is 4.20. The number of nitrogens with one attached hydrogen (secondary N) is 1. The van der Waals surface area contributed by atoms with Crippen LogP contribution in [-0.2, 0) is 6.54 Å². The van der Waals surface area contributed by atoms with Crippen molar-refractivity contribution >= 4 is 21.8 Å². The van der Waals surface area contributed by atoms with E-state index in [2.05, 4.69) is 15.9 Å². The minimum Gasteiger partial charge on any atom is -0.388 e. The van der Waals surface area contributed by atoms with Crippen LogP contribution in [-0.4, -0.2) is 10.4 Å². The molecule has 0 amide bonds. The first-order valence-corrected chi connectivity index (χ1v) is 4.99. The van der Waals surface area contributed by atoms with Gasteiger partial charge < -0.3 is 10.3 Å². The molecule has 0 aliphatic rings. The maximum Gasteiger partial charge on any atom is 0.250 e. The summed E-state index contributed by atoms with van der Waals surface area (Å²) in [6, 6.07) is 1.56. The Bertz CT molecular complexity index is 411. The van der Waals surface area contributed by atoms with Gasteiger partial charge in [-0.25, -0.2) is 0 Å². The van der Waals surface area contributed by atoms with Gasteiger partial charge in [0.15, 0.2) is 0 Å². The lowest BCUT2D eigenvalue weighted by Gasteiger charge is -2.06. The molecule has 14 heavy (non-hydrogen) atoms. The Labute approximate surface area is 90.4 Å². The van der Waals surface area contributed by atoms with Crippen LogP contribution in [0.25, 0.3) is 0 Å². The highest BCUT2D eigenvalue weighted by Crippen LogP contribution is 2.12. The van der Waals surface area contributed by atoms with E-state index in [1.807, 2.05) is 6.92 Å². The second-order valence-electron chi connectivity index (χ2n) is 3.11. The van der Waals surface area contributed by atoms with Crippen LogP contribution < -0.4 is 11.3 Å². The largest absolute Gasteiger partial charge is 0.388 e. The lowest BCUT2D eigenvalue weighted by Crippen LogP contribution is -2.22. The lowest BCUT2D eigenvalue weighted by molar-refractivity contribution is 0.687. The fraction of sp³-hybridized carbons (Fsp3) is 0.333. The predicted octanol–water partition coefficient (Wildman–Crippen LogP) is 1.25. The SMILES string of the molecule is Cc1cc(=O)n(CCC(=N)N)cc1Br. The number of halogens is 1. The molecule has 1 heterocycles. The second kappa shape index (κ2) is 4.41. The normalized spacial score (nSPS) is 10.1. The fourth-order valence-electron chi connectivity index (χ4n) is 1.05. The highest BCUT2D eigenvalue weighted by Gasteiger charge is 2.01. The molecule has 0 aromatic carbocycles. The molecule has 0 bridgehead atoms. The summed E-state index contributed by atoms with van der Waals surface area (Å²) in [6.45, 7) is 2.31. The van der Waals surface area contributed by atoms with Crippen molar-refractivity contribution in [2.75, 3.05) is 0 Å². The zero-order valence-corrected chi connectivity index (χ0v) is 9.47. The van der Waals surface area contributed by atoms with E-state index in [9.17, 15) is 4.79 Å². The summed E-state index contributed by atoms with van der Waals surface area (Å²) in [4.78, 5) is 11.4. The quantitative estimate of drug-likeness (QED) is 0.632. The Kier molecular flexibility index (Phi) is 3.46. The molecule has 0 aliphatic heterocycles. The fourth-order valence-corrected chi connectivity index (χ4v) is 1.42. The minimum absolute atomic E-state index is 0.0630. The smallest absolute Gasteiger partial charge is 0.250 e. The molecule has 76 valence electrons. The van der Waals surface area contributed by atoms with Crippen molar-refractivity contribution in [3.63, 3.8) is 0 Å². The number of nitrogens with two attached hydrogens (primary N) is 1. The molecule has 0 spiro atoms. The van der Waals surface area contributed by atoms with Crippen molar-refractivity contribution in [1.29, 1.82) is 5.41 Å². The number of aryl methyl sites for hydroxylation is 2.